The van der Waals surface area contributed by atoms with Gasteiger partial charge in [0.15, 0.2) is 0 Å². The molecule has 0 fully saturated rings. The molecule has 13 N–H and O–H groups in total. The lowest BCUT2D eigenvalue weighted by Gasteiger charge is -2.05. The number of ether oxygens (including phenoxy) is 3. The second kappa shape index (κ2) is 49.7. The molecule has 9 heterocycles. The number of nitrogens with zero attached hydrogens (tertiary/aromatic N) is 27. The zero-order valence-electron chi connectivity index (χ0n) is 66.8. The van der Waals surface area contributed by atoms with Gasteiger partial charge in [-0.05, 0) is 145 Å². The Morgan fingerprint density at radius 3 is 0.738 bits per heavy atom. The number of aryl methyl sites for hydroxylation is 3. The van der Waals surface area contributed by atoms with Gasteiger partial charge in [-0.1, -0.05) is 174 Å². The standard InChI is InChI=1S/C9H12N6O.2C9H11N5O.2C9H10N4O.3C8H8N4.C7H5FN4/c1-10-16-6-11-8-4-2-7(3-5-8)9-12-14-15-13-9;1-15-6-10-8-4-2-7(3-5-8)9-11-13-14-12-9;1-10-15-6-7-2-4-8(5-3-7)9-11-13-14-12-9;2*1-14-6-7-2-4-8(5-3-7)9-10-12-13-11-9;3*1-6-2-4-7(5-3-6)8-9-11-12-10-8;8-6-4-2-1-3-5(6)7-9-11-12-10-7/h2-5,10-11H,6H2,1H3,(H,12,13,14,15);2*2-5,10H,6H2,1H3,(H,11,12,13,14);2*2-5H,6H2,1H3,(H,10,11,12,13);3*2-5H,1H3,(H,9,10,11,12);1-4H,(H,9,10,11,12). The highest BCUT2D eigenvalue weighted by Crippen LogP contribution is 2.22. The second-order valence-electron chi connectivity index (χ2n) is 24.6. The maximum absolute atomic E-state index is 13.0. The summed E-state index contributed by atoms with van der Waals surface area (Å²) in [7, 11) is 8.43. The fourth-order valence-corrected chi connectivity index (χ4v) is 9.86. The van der Waals surface area contributed by atoms with E-state index in [1.165, 1.54) is 22.8 Å². The van der Waals surface area contributed by atoms with Gasteiger partial charge in [0.25, 0.3) is 0 Å². The average molecular weight is 1660 g/mol. The lowest BCUT2D eigenvalue weighted by Crippen LogP contribution is -2.14. The first kappa shape index (κ1) is 88.2. The number of hydrogen-bond acceptors (Lipinski definition) is 36. The molecule has 9 aromatic carbocycles. The molecule has 0 saturated carbocycles. The molecular formula is C76H83FN40O5. The molecule has 46 heteroatoms. The van der Waals surface area contributed by atoms with Crippen molar-refractivity contribution in [2.75, 3.05) is 59.5 Å². The Morgan fingerprint density at radius 1 is 0.262 bits per heavy atom. The van der Waals surface area contributed by atoms with Gasteiger partial charge in [0, 0.05) is 91.3 Å². The number of rotatable bonds is 23. The van der Waals surface area contributed by atoms with Crippen molar-refractivity contribution >= 4 is 11.4 Å². The maximum atomic E-state index is 13.0. The van der Waals surface area contributed by atoms with Crippen LogP contribution in [0.3, 0.4) is 0 Å². The molecule has 0 saturated heterocycles. The van der Waals surface area contributed by atoms with E-state index in [2.05, 4.69) is 207 Å². The second-order valence-corrected chi connectivity index (χ2v) is 24.6. The molecule has 18 rings (SSSR count). The third-order valence-corrected chi connectivity index (χ3v) is 16.0. The van der Waals surface area contributed by atoms with Crippen molar-refractivity contribution in [3.63, 3.8) is 0 Å². The number of aromatic amines is 9. The number of benzene rings is 9. The predicted molar refractivity (Wildman–Crippen MR) is 440 cm³/mol. The van der Waals surface area contributed by atoms with Gasteiger partial charge in [0.05, 0.1) is 25.4 Å². The number of nitrogens with one attached hydrogen (secondary N) is 13. The highest BCUT2D eigenvalue weighted by atomic mass is 19.1. The number of hydroxylamine groups is 2. The van der Waals surface area contributed by atoms with Crippen LogP contribution in [-0.2, 0) is 43.7 Å². The summed E-state index contributed by atoms with van der Waals surface area (Å²) in [5.41, 5.74) is 22.1. The van der Waals surface area contributed by atoms with E-state index in [9.17, 15) is 4.39 Å². The Kier molecular flexibility index (Phi) is 35.9. The van der Waals surface area contributed by atoms with E-state index >= 15 is 0 Å². The van der Waals surface area contributed by atoms with Gasteiger partial charge < -0.3 is 24.8 Å². The van der Waals surface area contributed by atoms with Crippen LogP contribution in [0.15, 0.2) is 218 Å². The quantitative estimate of drug-likeness (QED) is 0.0162. The summed E-state index contributed by atoms with van der Waals surface area (Å²) in [6.45, 7) is 8.78. The van der Waals surface area contributed by atoms with Crippen molar-refractivity contribution in [2.45, 2.75) is 40.6 Å². The SMILES string of the molecule is CNOCNc1ccc(-c2nn[nH]n2)cc1.CNOCc1ccc(-c2nn[nH]n2)cc1.COCNc1ccc(-c2nn[nH]n2)cc1.COCc1ccc(-c2nn[nH]n2)cc1.COCc1ccc(-c2nn[nH]n2)cc1.Cc1ccc(-c2nn[nH]n2)cc1.Cc1ccc(-c2nn[nH]n2)cc1.Cc1ccc(-c2nn[nH]n2)cc1.Fc1ccccc1-c1nn[nH]n1. The van der Waals surface area contributed by atoms with Crippen LogP contribution in [0, 0.1) is 26.6 Å². The molecule has 0 spiro atoms. The number of H-pyrrole nitrogens is 9. The van der Waals surface area contributed by atoms with Crippen LogP contribution in [0.2, 0.25) is 0 Å². The monoisotopic (exact) mass is 1650 g/mol. The summed E-state index contributed by atoms with van der Waals surface area (Å²) < 4.78 is 27.9. The molecule has 0 atom stereocenters. The van der Waals surface area contributed by atoms with Crippen molar-refractivity contribution in [3.05, 3.63) is 258 Å². The number of halogens is 1. The summed E-state index contributed by atoms with van der Waals surface area (Å²) >= 11 is 0. The Labute approximate surface area is 693 Å². The first-order chi connectivity index (χ1) is 59.9. The summed E-state index contributed by atoms with van der Waals surface area (Å²) in [6.07, 6.45) is 0. The molecule has 9 aromatic heterocycles. The van der Waals surface area contributed by atoms with Gasteiger partial charge in [0.2, 0.25) is 52.4 Å². The van der Waals surface area contributed by atoms with Crippen LogP contribution in [0.25, 0.3) is 102 Å². The molecular weight excluding hydrogens is 1570 g/mol. The van der Waals surface area contributed by atoms with Crippen LogP contribution in [0.4, 0.5) is 15.8 Å². The van der Waals surface area contributed by atoms with Crippen LogP contribution < -0.4 is 21.6 Å². The lowest BCUT2D eigenvalue weighted by molar-refractivity contribution is 0.0444. The predicted octanol–water partition coefficient (Wildman–Crippen LogP) is 8.34. The van der Waals surface area contributed by atoms with E-state index in [0.29, 0.717) is 85.4 Å². The Bertz CT molecular complexity index is 5300. The zero-order chi connectivity index (χ0) is 85.4. The molecule has 0 aliphatic heterocycles. The van der Waals surface area contributed by atoms with Gasteiger partial charge in [0.1, 0.15) is 19.3 Å². The molecule has 18 aromatic rings. The van der Waals surface area contributed by atoms with Gasteiger partial charge in [-0.3, -0.25) is 9.68 Å². The summed E-state index contributed by atoms with van der Waals surface area (Å²) in [6, 6.07) is 69.1. The smallest absolute Gasteiger partial charge is 0.207 e. The number of tetrazole rings is 9. The third-order valence-electron chi connectivity index (χ3n) is 16.0. The molecule has 122 heavy (non-hydrogen) atoms. The fourth-order valence-electron chi connectivity index (χ4n) is 9.86. The lowest BCUT2D eigenvalue weighted by atomic mass is 10.1. The fraction of sp³-hybridized carbons (Fsp3) is 0.171. The highest BCUT2D eigenvalue weighted by Gasteiger charge is 2.11. The van der Waals surface area contributed by atoms with Crippen LogP contribution in [0.1, 0.15) is 33.4 Å². The summed E-state index contributed by atoms with van der Waals surface area (Å²) in [5.74, 6) is 4.80. The molecule has 0 radical (unpaired) electrons. The summed E-state index contributed by atoms with van der Waals surface area (Å²) in [4.78, 5) is 9.99. The first-order valence-electron chi connectivity index (χ1n) is 36.5. The van der Waals surface area contributed by atoms with E-state index < -0.39 is 0 Å². The zero-order valence-corrected chi connectivity index (χ0v) is 66.8. The van der Waals surface area contributed by atoms with E-state index in [1.807, 2.05) is 215 Å². The maximum Gasteiger partial charge on any atom is 0.207 e. The number of methoxy groups -OCH3 is 3. The Balaban J connectivity index is 0.000000144. The van der Waals surface area contributed by atoms with Gasteiger partial charge in [-0.25, -0.2) is 15.4 Å². The molecule has 624 valence electrons. The van der Waals surface area contributed by atoms with Crippen LogP contribution in [-0.4, -0.2) is 235 Å². The van der Waals surface area contributed by atoms with Gasteiger partial charge in [-0.2, -0.15) is 46.9 Å². The highest BCUT2D eigenvalue weighted by molar-refractivity contribution is 5.62. The Morgan fingerprint density at radius 2 is 0.500 bits per heavy atom. The average Bonchev–Trinajstić information content (AvgIpc) is 1.72. The molecule has 0 aliphatic carbocycles. The van der Waals surface area contributed by atoms with Gasteiger partial charge in [-0.15, -0.1) is 91.8 Å². The van der Waals surface area contributed by atoms with E-state index in [-0.39, 0.29) is 11.6 Å². The largest absolute Gasteiger partial charge is 0.380 e. The van der Waals surface area contributed by atoms with Crippen molar-refractivity contribution < 1.29 is 28.3 Å². The van der Waals surface area contributed by atoms with E-state index in [1.54, 1.807) is 53.6 Å². The molecule has 45 nitrogen and oxygen atoms in total. The minimum absolute atomic E-state index is 0.271. The van der Waals surface area contributed by atoms with E-state index in [4.69, 9.17) is 23.9 Å². The van der Waals surface area contributed by atoms with Gasteiger partial charge >= 0.3 is 0 Å². The topological polar surface area (TPSA) is 584 Å². The first-order valence-corrected chi connectivity index (χ1v) is 36.5. The van der Waals surface area contributed by atoms with Crippen molar-refractivity contribution in [1.29, 1.82) is 0 Å². The molecule has 0 unspecified atom stereocenters. The molecule has 0 aliphatic rings. The number of anilines is 2. The normalized spacial score (nSPS) is 10.2. The third kappa shape index (κ3) is 29.5. The summed E-state index contributed by atoms with van der Waals surface area (Å²) in [5, 5.41) is 128. The number of aromatic nitrogens is 36. The number of hydrogen-bond donors (Lipinski definition) is 13. The van der Waals surface area contributed by atoms with Crippen LogP contribution in [0.5, 0.6) is 0 Å². The van der Waals surface area contributed by atoms with E-state index in [0.717, 1.165) is 72.6 Å². The minimum Gasteiger partial charge on any atom is -0.380 e. The molecule has 0 bridgehead atoms. The van der Waals surface area contributed by atoms with Crippen molar-refractivity contribution in [3.8, 4) is 102 Å². The van der Waals surface area contributed by atoms with Crippen molar-refractivity contribution in [1.82, 2.24) is 197 Å². The Hall–Kier alpha value is -16.1. The minimum atomic E-state index is -0.348. The molecule has 0 amide bonds. The van der Waals surface area contributed by atoms with Crippen molar-refractivity contribution in [2.24, 2.45) is 0 Å². The van der Waals surface area contributed by atoms with Crippen LogP contribution >= 0.6 is 0 Å².